The van der Waals surface area contributed by atoms with Crippen LogP contribution in [0.1, 0.15) is 35.3 Å². The van der Waals surface area contributed by atoms with Gasteiger partial charge in [0.1, 0.15) is 10.6 Å². The van der Waals surface area contributed by atoms with Crippen LogP contribution in [0.15, 0.2) is 47.4 Å². The average molecular weight is 403 g/mol. The zero-order valence-electron chi connectivity index (χ0n) is 16.5. The molecular formula is C21H26N2O4S. The number of carbonyl (C=O) groups is 1. The Morgan fingerprint density at radius 2 is 1.79 bits per heavy atom. The van der Waals surface area contributed by atoms with Crippen molar-refractivity contribution in [1.82, 2.24) is 9.21 Å². The van der Waals surface area contributed by atoms with E-state index >= 15 is 0 Å². The number of fused-ring (bicyclic) bond motifs is 1. The van der Waals surface area contributed by atoms with Gasteiger partial charge in [-0.05, 0) is 35.7 Å². The van der Waals surface area contributed by atoms with E-state index < -0.39 is 10.0 Å². The molecule has 2 aromatic rings. The highest BCUT2D eigenvalue weighted by molar-refractivity contribution is 7.89. The SMILES string of the molecule is CCN(CC)S(=O)(=O)c1cc(C(=O)N2CCc3ccccc3C2)ccc1OC. The minimum absolute atomic E-state index is 0.0296. The van der Waals surface area contributed by atoms with Crippen LogP contribution < -0.4 is 4.74 Å². The summed E-state index contributed by atoms with van der Waals surface area (Å²) in [6.45, 7) is 5.41. The summed E-state index contributed by atoms with van der Waals surface area (Å²) in [4.78, 5) is 14.9. The fourth-order valence-corrected chi connectivity index (χ4v) is 5.21. The molecule has 0 aromatic heterocycles. The van der Waals surface area contributed by atoms with Crippen molar-refractivity contribution < 1.29 is 17.9 Å². The molecule has 0 fully saturated rings. The summed E-state index contributed by atoms with van der Waals surface area (Å²) in [6, 6.07) is 12.7. The molecule has 0 radical (unpaired) electrons. The number of nitrogens with zero attached hydrogens (tertiary/aromatic N) is 2. The van der Waals surface area contributed by atoms with Crippen LogP contribution in [0.3, 0.4) is 0 Å². The molecular weight excluding hydrogens is 376 g/mol. The molecule has 0 N–H and O–H groups in total. The van der Waals surface area contributed by atoms with E-state index in [1.165, 1.54) is 23.0 Å². The van der Waals surface area contributed by atoms with Crippen LogP contribution in [0.25, 0.3) is 0 Å². The van der Waals surface area contributed by atoms with E-state index in [4.69, 9.17) is 4.74 Å². The third kappa shape index (κ3) is 3.77. The second-order valence-corrected chi connectivity index (χ2v) is 8.61. The van der Waals surface area contributed by atoms with Crippen molar-refractivity contribution >= 4 is 15.9 Å². The molecule has 1 heterocycles. The summed E-state index contributed by atoms with van der Waals surface area (Å²) in [7, 11) is -2.31. The number of amides is 1. The molecule has 0 unspecified atom stereocenters. The van der Waals surface area contributed by atoms with Crippen molar-refractivity contribution in [2.24, 2.45) is 0 Å². The first kappa shape index (κ1) is 20.4. The van der Waals surface area contributed by atoms with Crippen LogP contribution in [0.2, 0.25) is 0 Å². The fraction of sp³-hybridized carbons (Fsp3) is 0.381. The second kappa shape index (κ2) is 8.32. The van der Waals surface area contributed by atoms with Gasteiger partial charge in [0.25, 0.3) is 5.91 Å². The molecule has 1 amide bonds. The van der Waals surface area contributed by atoms with Gasteiger partial charge in [-0.3, -0.25) is 4.79 Å². The number of hydrogen-bond acceptors (Lipinski definition) is 4. The summed E-state index contributed by atoms with van der Waals surface area (Å²) in [5.74, 6) is 0.0700. The van der Waals surface area contributed by atoms with Gasteiger partial charge >= 0.3 is 0 Å². The molecule has 0 saturated heterocycles. The highest BCUT2D eigenvalue weighted by atomic mass is 32.2. The van der Waals surface area contributed by atoms with Gasteiger partial charge < -0.3 is 9.64 Å². The van der Waals surface area contributed by atoms with Crippen molar-refractivity contribution in [3.05, 3.63) is 59.2 Å². The van der Waals surface area contributed by atoms with Gasteiger partial charge in [-0.1, -0.05) is 38.1 Å². The summed E-state index contributed by atoms with van der Waals surface area (Å²) >= 11 is 0. The van der Waals surface area contributed by atoms with Crippen molar-refractivity contribution in [3.8, 4) is 5.75 Å². The van der Waals surface area contributed by atoms with Crippen LogP contribution in [-0.4, -0.2) is 50.3 Å². The highest BCUT2D eigenvalue weighted by Gasteiger charge is 2.28. The lowest BCUT2D eigenvalue weighted by Crippen LogP contribution is -2.36. The van der Waals surface area contributed by atoms with Crippen LogP contribution >= 0.6 is 0 Å². The van der Waals surface area contributed by atoms with Gasteiger partial charge in [0.2, 0.25) is 10.0 Å². The Hall–Kier alpha value is -2.38. The van der Waals surface area contributed by atoms with Gasteiger partial charge in [-0.2, -0.15) is 4.31 Å². The summed E-state index contributed by atoms with van der Waals surface area (Å²) in [5.41, 5.74) is 2.74. The number of benzene rings is 2. The van der Waals surface area contributed by atoms with E-state index in [2.05, 4.69) is 6.07 Å². The Morgan fingerprint density at radius 1 is 1.11 bits per heavy atom. The Morgan fingerprint density at radius 3 is 2.43 bits per heavy atom. The zero-order valence-corrected chi connectivity index (χ0v) is 17.3. The average Bonchev–Trinajstić information content (AvgIpc) is 2.73. The monoisotopic (exact) mass is 402 g/mol. The van der Waals surface area contributed by atoms with Gasteiger partial charge in [0.05, 0.1) is 7.11 Å². The lowest BCUT2D eigenvalue weighted by atomic mass is 9.99. The van der Waals surface area contributed by atoms with Gasteiger partial charge in [-0.15, -0.1) is 0 Å². The van der Waals surface area contributed by atoms with Crippen LogP contribution in [0, 0.1) is 0 Å². The van der Waals surface area contributed by atoms with Crippen molar-refractivity contribution in [2.45, 2.75) is 31.7 Å². The summed E-state index contributed by atoms with van der Waals surface area (Å²) in [6.07, 6.45) is 0.794. The Kier molecular flexibility index (Phi) is 6.05. The molecule has 150 valence electrons. The third-order valence-corrected chi connectivity index (χ3v) is 7.22. The molecule has 0 bridgehead atoms. The molecule has 1 aliphatic rings. The van der Waals surface area contributed by atoms with E-state index in [0.29, 0.717) is 31.7 Å². The molecule has 3 rings (SSSR count). The lowest BCUT2D eigenvalue weighted by Gasteiger charge is -2.29. The minimum Gasteiger partial charge on any atom is -0.495 e. The smallest absolute Gasteiger partial charge is 0.254 e. The first-order valence-electron chi connectivity index (χ1n) is 9.46. The summed E-state index contributed by atoms with van der Waals surface area (Å²) in [5, 5.41) is 0. The highest BCUT2D eigenvalue weighted by Crippen LogP contribution is 2.29. The van der Waals surface area contributed by atoms with E-state index in [1.807, 2.05) is 18.2 Å². The topological polar surface area (TPSA) is 66.9 Å². The third-order valence-electron chi connectivity index (χ3n) is 5.15. The first-order valence-corrected chi connectivity index (χ1v) is 10.9. The molecule has 0 aliphatic carbocycles. The van der Waals surface area contributed by atoms with E-state index in [0.717, 1.165) is 12.0 Å². The molecule has 0 saturated carbocycles. The van der Waals surface area contributed by atoms with E-state index in [-0.39, 0.29) is 16.6 Å². The number of rotatable bonds is 6. The molecule has 0 atom stereocenters. The minimum atomic E-state index is -3.74. The normalized spacial score (nSPS) is 14.1. The second-order valence-electron chi connectivity index (χ2n) is 6.70. The Balaban J connectivity index is 1.94. The van der Waals surface area contributed by atoms with Gasteiger partial charge in [0, 0.05) is 31.7 Å². The fourth-order valence-electron chi connectivity index (χ4n) is 3.57. The predicted octanol–water partition coefficient (Wildman–Crippen LogP) is 2.92. The predicted molar refractivity (Wildman–Crippen MR) is 108 cm³/mol. The maximum Gasteiger partial charge on any atom is 0.254 e. The van der Waals surface area contributed by atoms with Crippen LogP contribution in [0.4, 0.5) is 0 Å². The molecule has 6 nitrogen and oxygen atoms in total. The van der Waals surface area contributed by atoms with E-state index in [1.54, 1.807) is 30.9 Å². The maximum absolute atomic E-state index is 13.1. The zero-order chi connectivity index (χ0) is 20.3. The Labute approximate surface area is 166 Å². The molecule has 28 heavy (non-hydrogen) atoms. The van der Waals surface area contributed by atoms with Crippen molar-refractivity contribution in [1.29, 1.82) is 0 Å². The number of sulfonamides is 1. The number of methoxy groups -OCH3 is 1. The molecule has 2 aromatic carbocycles. The van der Waals surface area contributed by atoms with Crippen molar-refractivity contribution in [3.63, 3.8) is 0 Å². The quantitative estimate of drug-likeness (QED) is 0.745. The van der Waals surface area contributed by atoms with Crippen molar-refractivity contribution in [2.75, 3.05) is 26.7 Å². The number of ether oxygens (including phenoxy) is 1. The maximum atomic E-state index is 13.1. The van der Waals surface area contributed by atoms with Crippen LogP contribution in [-0.2, 0) is 23.0 Å². The standard InChI is InChI=1S/C21H26N2O4S/c1-4-23(5-2)28(25,26)20-14-17(10-11-19(20)27-3)21(24)22-13-12-16-8-6-7-9-18(16)15-22/h6-11,14H,4-5,12-13,15H2,1-3H3. The number of hydrogen-bond donors (Lipinski definition) is 0. The molecule has 7 heteroatoms. The van der Waals surface area contributed by atoms with Gasteiger partial charge in [-0.25, -0.2) is 8.42 Å². The number of carbonyl (C=O) groups excluding carboxylic acids is 1. The largest absolute Gasteiger partial charge is 0.495 e. The van der Waals surface area contributed by atoms with E-state index in [9.17, 15) is 13.2 Å². The van der Waals surface area contributed by atoms with Gasteiger partial charge in [0.15, 0.2) is 0 Å². The lowest BCUT2D eigenvalue weighted by molar-refractivity contribution is 0.0734. The Bertz CT molecular complexity index is 968. The first-order chi connectivity index (χ1) is 13.4. The molecule has 1 aliphatic heterocycles. The van der Waals surface area contributed by atoms with Crippen LogP contribution in [0.5, 0.6) is 5.75 Å². The molecule has 0 spiro atoms. The summed E-state index contributed by atoms with van der Waals surface area (Å²) < 4.78 is 32.6.